The smallest absolute Gasteiger partial charge is 0.138 e. The number of aliphatic hydroxyl groups is 1. The quantitative estimate of drug-likeness (QED) is 0.771. The zero-order valence-electron chi connectivity index (χ0n) is 10.3. The van der Waals surface area contributed by atoms with E-state index in [9.17, 15) is 5.11 Å². The Morgan fingerprint density at radius 2 is 2.11 bits per heavy atom. The molecule has 2 aromatic heterocycles. The summed E-state index contributed by atoms with van der Waals surface area (Å²) in [6.45, 7) is 1.93. The van der Waals surface area contributed by atoms with Gasteiger partial charge >= 0.3 is 0 Å². The van der Waals surface area contributed by atoms with Gasteiger partial charge in [-0.2, -0.15) is 0 Å². The number of aryl methyl sites for hydroxylation is 1. The van der Waals surface area contributed by atoms with Crippen molar-refractivity contribution >= 4 is 22.6 Å². The fourth-order valence-electron chi connectivity index (χ4n) is 2.09. The lowest BCUT2D eigenvalue weighted by molar-refractivity contribution is 0.191. The summed E-state index contributed by atoms with van der Waals surface area (Å²) in [5.41, 5.74) is 2.42. The van der Waals surface area contributed by atoms with Crippen LogP contribution in [0.1, 0.15) is 23.0 Å². The molecular weight excluding hydrogens is 262 g/mol. The average Bonchev–Trinajstić information content (AvgIpc) is 2.81. The minimum absolute atomic E-state index is 0.494. The standard InChI is InChI=1S/C15H12ClNO2/c1-9-4-5-17-8-12(9)15(18)14-7-10-6-11(16)2-3-13(10)19-14/h2-8,15,18H,1H3. The van der Waals surface area contributed by atoms with Gasteiger partial charge in [-0.25, -0.2) is 0 Å². The Morgan fingerprint density at radius 1 is 1.26 bits per heavy atom. The fraction of sp³-hybridized carbons (Fsp3) is 0.133. The van der Waals surface area contributed by atoms with Crippen LogP contribution in [0.15, 0.2) is 47.1 Å². The van der Waals surface area contributed by atoms with Crippen molar-refractivity contribution in [3.8, 4) is 0 Å². The Hall–Kier alpha value is -1.84. The molecule has 1 atom stereocenters. The second-order valence-corrected chi connectivity index (χ2v) is 4.90. The summed E-state index contributed by atoms with van der Waals surface area (Å²) in [6, 6.07) is 9.03. The fourth-order valence-corrected chi connectivity index (χ4v) is 2.27. The number of aromatic nitrogens is 1. The van der Waals surface area contributed by atoms with Crippen molar-refractivity contribution in [3.05, 3.63) is 64.6 Å². The van der Waals surface area contributed by atoms with Crippen molar-refractivity contribution < 1.29 is 9.52 Å². The summed E-state index contributed by atoms with van der Waals surface area (Å²) >= 11 is 5.94. The largest absolute Gasteiger partial charge is 0.458 e. The maximum atomic E-state index is 10.4. The van der Waals surface area contributed by atoms with Crippen LogP contribution in [0.2, 0.25) is 5.02 Å². The SMILES string of the molecule is Cc1ccncc1C(O)c1cc2cc(Cl)ccc2o1. The number of furan rings is 1. The van der Waals surface area contributed by atoms with Crippen molar-refractivity contribution in [2.75, 3.05) is 0 Å². The molecule has 2 heterocycles. The maximum absolute atomic E-state index is 10.4. The number of rotatable bonds is 2. The van der Waals surface area contributed by atoms with Crippen LogP contribution in [0.25, 0.3) is 11.0 Å². The highest BCUT2D eigenvalue weighted by molar-refractivity contribution is 6.31. The maximum Gasteiger partial charge on any atom is 0.138 e. The molecule has 0 radical (unpaired) electrons. The second kappa shape index (κ2) is 4.68. The molecule has 0 spiro atoms. The molecule has 1 aromatic carbocycles. The average molecular weight is 274 g/mol. The van der Waals surface area contributed by atoms with Gasteiger partial charge in [-0.3, -0.25) is 4.98 Å². The summed E-state index contributed by atoms with van der Waals surface area (Å²) in [5.74, 6) is 0.494. The second-order valence-electron chi connectivity index (χ2n) is 4.47. The van der Waals surface area contributed by atoms with E-state index in [1.165, 1.54) is 0 Å². The van der Waals surface area contributed by atoms with Crippen molar-refractivity contribution in [1.82, 2.24) is 4.98 Å². The first kappa shape index (κ1) is 12.2. The molecule has 3 nitrogen and oxygen atoms in total. The number of pyridine rings is 1. The third kappa shape index (κ3) is 2.23. The van der Waals surface area contributed by atoms with Crippen LogP contribution in [-0.2, 0) is 0 Å². The van der Waals surface area contributed by atoms with Gasteiger partial charge in [0.15, 0.2) is 0 Å². The Bertz CT molecular complexity index is 736. The van der Waals surface area contributed by atoms with Crippen LogP contribution >= 0.6 is 11.6 Å². The molecule has 1 unspecified atom stereocenters. The number of aliphatic hydroxyl groups excluding tert-OH is 1. The van der Waals surface area contributed by atoms with E-state index >= 15 is 0 Å². The zero-order valence-corrected chi connectivity index (χ0v) is 11.1. The van der Waals surface area contributed by atoms with Crippen LogP contribution in [-0.4, -0.2) is 10.1 Å². The summed E-state index contributed by atoms with van der Waals surface area (Å²) in [4.78, 5) is 4.04. The molecular formula is C15H12ClNO2. The Morgan fingerprint density at radius 3 is 2.89 bits per heavy atom. The molecule has 0 amide bonds. The Labute approximate surface area is 115 Å². The number of nitrogens with zero attached hydrogens (tertiary/aromatic N) is 1. The molecule has 3 aromatic rings. The van der Waals surface area contributed by atoms with Gasteiger partial charge in [0.1, 0.15) is 17.4 Å². The molecule has 0 saturated heterocycles. The first-order valence-electron chi connectivity index (χ1n) is 5.93. The highest BCUT2D eigenvalue weighted by Crippen LogP contribution is 2.30. The predicted octanol–water partition coefficient (Wildman–Crippen LogP) is 3.87. The molecule has 1 N–H and O–H groups in total. The molecule has 0 saturated carbocycles. The summed E-state index contributed by atoms with van der Waals surface area (Å²) < 4.78 is 5.66. The Balaban J connectivity index is 2.07. The first-order chi connectivity index (χ1) is 9.15. The summed E-state index contributed by atoms with van der Waals surface area (Å²) in [6.07, 6.45) is 2.53. The van der Waals surface area contributed by atoms with Crippen LogP contribution in [0.3, 0.4) is 0 Å². The molecule has 96 valence electrons. The first-order valence-corrected chi connectivity index (χ1v) is 6.30. The lowest BCUT2D eigenvalue weighted by atomic mass is 10.0. The normalized spacial score (nSPS) is 12.8. The molecule has 19 heavy (non-hydrogen) atoms. The van der Waals surface area contributed by atoms with Gasteiger partial charge in [-0.05, 0) is 42.8 Å². The monoisotopic (exact) mass is 273 g/mol. The van der Waals surface area contributed by atoms with Crippen molar-refractivity contribution in [1.29, 1.82) is 0 Å². The van der Waals surface area contributed by atoms with Crippen molar-refractivity contribution in [2.24, 2.45) is 0 Å². The van der Waals surface area contributed by atoms with Gasteiger partial charge in [-0.1, -0.05) is 11.6 Å². The van der Waals surface area contributed by atoms with E-state index in [1.54, 1.807) is 30.6 Å². The molecule has 4 heteroatoms. The van der Waals surface area contributed by atoms with Gasteiger partial charge in [0.25, 0.3) is 0 Å². The van der Waals surface area contributed by atoms with Crippen molar-refractivity contribution in [2.45, 2.75) is 13.0 Å². The molecule has 0 fully saturated rings. The van der Waals surface area contributed by atoms with Crippen molar-refractivity contribution in [3.63, 3.8) is 0 Å². The highest BCUT2D eigenvalue weighted by atomic mass is 35.5. The van der Waals surface area contributed by atoms with E-state index in [4.69, 9.17) is 16.0 Å². The minimum atomic E-state index is -0.820. The number of hydrogen-bond donors (Lipinski definition) is 1. The lowest BCUT2D eigenvalue weighted by Gasteiger charge is -2.09. The van der Waals surface area contributed by atoms with Gasteiger partial charge in [0, 0.05) is 28.4 Å². The zero-order chi connectivity index (χ0) is 13.4. The number of fused-ring (bicyclic) bond motifs is 1. The predicted molar refractivity (Wildman–Crippen MR) is 74.3 cm³/mol. The summed E-state index contributed by atoms with van der Waals surface area (Å²) in [7, 11) is 0. The Kier molecular flexibility index (Phi) is 3.01. The van der Waals surface area contributed by atoms with E-state index in [0.29, 0.717) is 16.4 Å². The highest BCUT2D eigenvalue weighted by Gasteiger charge is 2.17. The number of hydrogen-bond acceptors (Lipinski definition) is 3. The van der Waals surface area contributed by atoms with Gasteiger partial charge in [0.05, 0.1) is 0 Å². The van der Waals surface area contributed by atoms with Gasteiger partial charge in [-0.15, -0.1) is 0 Å². The molecule has 0 aliphatic carbocycles. The molecule has 3 rings (SSSR count). The number of halogens is 1. The van der Waals surface area contributed by atoms with Gasteiger partial charge in [0.2, 0.25) is 0 Å². The van der Waals surface area contributed by atoms with Crippen LogP contribution in [0.4, 0.5) is 0 Å². The minimum Gasteiger partial charge on any atom is -0.458 e. The topological polar surface area (TPSA) is 46.3 Å². The van der Waals surface area contributed by atoms with E-state index < -0.39 is 6.10 Å². The molecule has 0 bridgehead atoms. The third-order valence-corrected chi connectivity index (χ3v) is 3.38. The molecule has 0 aliphatic heterocycles. The lowest BCUT2D eigenvalue weighted by Crippen LogP contribution is -2.01. The van der Waals surface area contributed by atoms with Gasteiger partial charge < -0.3 is 9.52 Å². The van der Waals surface area contributed by atoms with Crippen LogP contribution < -0.4 is 0 Å². The molecule has 0 aliphatic rings. The van der Waals surface area contributed by atoms with E-state index in [0.717, 1.165) is 16.5 Å². The van der Waals surface area contributed by atoms with E-state index in [1.807, 2.05) is 19.1 Å². The number of benzene rings is 1. The third-order valence-electron chi connectivity index (χ3n) is 3.14. The summed E-state index contributed by atoms with van der Waals surface area (Å²) in [5, 5.41) is 11.9. The van der Waals surface area contributed by atoms with E-state index in [-0.39, 0.29) is 0 Å². The van der Waals surface area contributed by atoms with Crippen LogP contribution in [0, 0.1) is 6.92 Å². The van der Waals surface area contributed by atoms with E-state index in [2.05, 4.69) is 4.98 Å². The van der Waals surface area contributed by atoms with Crippen LogP contribution in [0.5, 0.6) is 0 Å².